The number of nitrogens with zero attached hydrogens (tertiary/aromatic N) is 2. The number of Topliss-reactive ketones (excluding diaryl/α,β-unsaturated/α-hetero) is 1. The molecular weight excluding hydrogens is 506 g/mol. The number of aromatic nitrogens is 1. The smallest absolute Gasteiger partial charge is 0.266 e. The second-order valence-electron chi connectivity index (χ2n) is 10.5. The van der Waals surface area contributed by atoms with E-state index in [1.165, 1.54) is 6.42 Å². The minimum atomic E-state index is -3.61. The van der Waals surface area contributed by atoms with Crippen molar-refractivity contribution in [3.05, 3.63) is 30.2 Å². The van der Waals surface area contributed by atoms with Gasteiger partial charge in [0.25, 0.3) is 5.89 Å². The van der Waals surface area contributed by atoms with Gasteiger partial charge in [-0.25, -0.2) is 18.4 Å². The zero-order valence-electron chi connectivity index (χ0n) is 22.2. The number of amides is 1. The fraction of sp³-hybridized carbons (Fsp3) is 0.630. The molecule has 2 saturated carbocycles. The third-order valence-electron chi connectivity index (χ3n) is 7.39. The van der Waals surface area contributed by atoms with Gasteiger partial charge in [0.1, 0.15) is 11.6 Å². The van der Waals surface area contributed by atoms with Crippen molar-refractivity contribution in [3.8, 4) is 0 Å². The van der Waals surface area contributed by atoms with Gasteiger partial charge in [0, 0.05) is 0 Å². The lowest BCUT2D eigenvalue weighted by Crippen LogP contribution is -2.55. The van der Waals surface area contributed by atoms with Crippen LogP contribution in [0.3, 0.4) is 0 Å². The van der Waals surface area contributed by atoms with Gasteiger partial charge in [0.05, 0.1) is 18.3 Å². The van der Waals surface area contributed by atoms with Crippen LogP contribution in [0.4, 0.5) is 0 Å². The van der Waals surface area contributed by atoms with Crippen molar-refractivity contribution in [3.63, 3.8) is 0 Å². The summed E-state index contributed by atoms with van der Waals surface area (Å²) in [5.41, 5.74) is 1.09. The Hall–Kier alpha value is -2.95. The Labute approximate surface area is 224 Å². The maximum atomic E-state index is 13.6. The predicted octanol–water partition coefficient (Wildman–Crippen LogP) is 3.68. The molecule has 38 heavy (non-hydrogen) atoms. The summed E-state index contributed by atoms with van der Waals surface area (Å²) in [6.45, 7) is 1.81. The summed E-state index contributed by atoms with van der Waals surface area (Å²) in [5, 5.41) is 5.99. The van der Waals surface area contributed by atoms with Gasteiger partial charge in [-0.2, -0.15) is 0 Å². The largest absolute Gasteiger partial charge is 0.434 e. The Morgan fingerprint density at radius 3 is 2.37 bits per heavy atom. The summed E-state index contributed by atoms with van der Waals surface area (Å²) in [7, 11) is -3.61. The second kappa shape index (κ2) is 12.7. The Balaban J connectivity index is 1.53. The first kappa shape index (κ1) is 28.1. The van der Waals surface area contributed by atoms with E-state index in [1.54, 1.807) is 18.2 Å². The highest BCUT2D eigenvalue weighted by atomic mass is 32.2. The molecule has 0 saturated heterocycles. The lowest BCUT2D eigenvalue weighted by molar-refractivity contribution is -0.123. The molecule has 2 aliphatic carbocycles. The molecule has 1 amide bonds. The van der Waals surface area contributed by atoms with Crippen LogP contribution in [0.2, 0.25) is 0 Å². The van der Waals surface area contributed by atoms with Crippen LogP contribution >= 0.6 is 0 Å². The van der Waals surface area contributed by atoms with Crippen LogP contribution in [-0.2, 0) is 14.8 Å². The van der Waals surface area contributed by atoms with E-state index in [1.807, 2.05) is 13.0 Å². The van der Waals surface area contributed by atoms with Gasteiger partial charge in [-0.3, -0.25) is 14.3 Å². The molecule has 0 aliphatic heterocycles. The van der Waals surface area contributed by atoms with Gasteiger partial charge < -0.3 is 15.1 Å². The highest BCUT2D eigenvalue weighted by molar-refractivity contribution is 7.89. The summed E-state index contributed by atoms with van der Waals surface area (Å²) in [6.07, 6.45) is 11.2. The Bertz CT molecular complexity index is 1210. The minimum Gasteiger partial charge on any atom is -0.434 e. The molecule has 0 bridgehead atoms. The second-order valence-corrected chi connectivity index (χ2v) is 12.3. The molecule has 2 fully saturated rings. The Morgan fingerprint density at radius 1 is 1.03 bits per heavy atom. The van der Waals surface area contributed by atoms with Crippen LogP contribution in [0.1, 0.15) is 88.2 Å². The molecule has 2 unspecified atom stereocenters. The van der Waals surface area contributed by atoms with E-state index in [-0.39, 0.29) is 23.8 Å². The van der Waals surface area contributed by atoms with E-state index in [0.717, 1.165) is 57.6 Å². The number of aliphatic imine (C=N–C) groups is 1. The number of carbonyl (C=O) groups is 2. The molecule has 1 aromatic heterocycles. The number of guanidine groups is 1. The van der Waals surface area contributed by atoms with E-state index in [0.29, 0.717) is 29.9 Å². The molecule has 208 valence electrons. The van der Waals surface area contributed by atoms with Crippen molar-refractivity contribution in [1.29, 1.82) is 0 Å². The zero-order valence-corrected chi connectivity index (χ0v) is 23.1. The van der Waals surface area contributed by atoms with Crippen LogP contribution in [0.15, 0.2) is 33.7 Å². The number of hydrogen-bond acceptors (Lipinski definition) is 7. The monoisotopic (exact) mass is 545 g/mol. The third-order valence-corrected chi connectivity index (χ3v) is 7.95. The number of benzene rings is 1. The number of nitrogens with one attached hydrogen (secondary N) is 3. The van der Waals surface area contributed by atoms with Crippen LogP contribution in [0.5, 0.6) is 0 Å². The summed E-state index contributed by atoms with van der Waals surface area (Å²) >= 11 is 0. The molecule has 11 heteroatoms. The molecule has 3 N–H and O–H groups in total. The van der Waals surface area contributed by atoms with Crippen molar-refractivity contribution in [1.82, 2.24) is 20.3 Å². The van der Waals surface area contributed by atoms with E-state index in [2.05, 4.69) is 25.3 Å². The number of sulfonamides is 1. The number of oxazole rings is 1. The molecule has 0 spiro atoms. The minimum absolute atomic E-state index is 0.00858. The maximum absolute atomic E-state index is 13.6. The van der Waals surface area contributed by atoms with Crippen LogP contribution < -0.4 is 15.4 Å². The molecule has 10 nitrogen and oxygen atoms in total. The fourth-order valence-corrected chi connectivity index (χ4v) is 5.85. The molecule has 2 aromatic rings. The molecule has 0 radical (unpaired) electrons. The van der Waals surface area contributed by atoms with Gasteiger partial charge in [0.15, 0.2) is 5.58 Å². The Kier molecular flexibility index (Phi) is 9.40. The lowest BCUT2D eigenvalue weighted by atomic mass is 9.84. The van der Waals surface area contributed by atoms with E-state index >= 15 is 0 Å². The van der Waals surface area contributed by atoms with Crippen molar-refractivity contribution >= 4 is 38.8 Å². The van der Waals surface area contributed by atoms with Crippen molar-refractivity contribution in [2.24, 2.45) is 10.9 Å². The van der Waals surface area contributed by atoms with Crippen molar-refractivity contribution in [2.45, 2.75) is 95.7 Å². The van der Waals surface area contributed by atoms with E-state index in [4.69, 9.17) is 4.42 Å². The molecule has 1 heterocycles. The van der Waals surface area contributed by atoms with Gasteiger partial charge in [-0.15, -0.1) is 0 Å². The molecular formula is C27H39N5O5S. The van der Waals surface area contributed by atoms with E-state index in [9.17, 15) is 18.0 Å². The van der Waals surface area contributed by atoms with Crippen LogP contribution in [0.25, 0.3) is 11.1 Å². The van der Waals surface area contributed by atoms with E-state index < -0.39 is 27.9 Å². The average molecular weight is 546 g/mol. The highest BCUT2D eigenvalue weighted by Gasteiger charge is 2.31. The number of carbonyl (C=O) groups excluding carboxylic acids is 2. The summed E-state index contributed by atoms with van der Waals surface area (Å²) in [5.74, 6) is -0.402. The topological polar surface area (TPSA) is 143 Å². The van der Waals surface area contributed by atoms with Crippen molar-refractivity contribution < 1.29 is 22.4 Å². The number of fused-ring (bicyclic) bond motifs is 1. The number of para-hydroxylation sites is 2. The fourth-order valence-electron chi connectivity index (χ4n) is 5.39. The highest BCUT2D eigenvalue weighted by Crippen LogP contribution is 2.28. The molecule has 2 aliphatic rings. The van der Waals surface area contributed by atoms with Gasteiger partial charge in [-0.1, -0.05) is 64.0 Å². The molecule has 1 aromatic carbocycles. The maximum Gasteiger partial charge on any atom is 0.266 e. The zero-order chi connectivity index (χ0) is 27.1. The summed E-state index contributed by atoms with van der Waals surface area (Å²) < 4.78 is 32.3. The average Bonchev–Trinajstić information content (AvgIpc) is 3.56. The van der Waals surface area contributed by atoms with Crippen LogP contribution in [0, 0.1) is 5.92 Å². The number of ketones is 1. The summed E-state index contributed by atoms with van der Waals surface area (Å²) in [6, 6.07) is 5.55. The first-order chi connectivity index (χ1) is 18.2. The SMILES string of the molecule is CCC(NC(=O)C(CC1CCCCC1)NC(=NC1CCCC1)NS(C)(=O)=O)C(=O)c1nc2ccccc2o1. The quantitative estimate of drug-likeness (QED) is 0.235. The normalized spacial score (nSPS) is 19.3. The first-order valence-electron chi connectivity index (χ1n) is 13.7. The molecule has 2 atom stereocenters. The molecule has 4 rings (SSSR count). The van der Waals surface area contributed by atoms with Crippen LogP contribution in [-0.4, -0.2) is 55.4 Å². The third kappa shape index (κ3) is 7.78. The van der Waals surface area contributed by atoms with Gasteiger partial charge in [-0.05, 0) is 43.7 Å². The number of hydrogen-bond donors (Lipinski definition) is 3. The standard InChI is InChI=1S/C27H39N5O5S/c1-3-20(24(33)26-30-21-15-9-10-16-23(21)37-26)29-25(34)22(17-18-11-5-4-6-12-18)31-27(32-38(2,35)36)28-19-13-7-8-14-19/h9-10,15-16,18-20,22H,3-8,11-14,17H2,1-2H3,(H,29,34)(H2,28,31,32). The van der Waals surface area contributed by atoms with Gasteiger partial charge >= 0.3 is 0 Å². The lowest BCUT2D eigenvalue weighted by Gasteiger charge is -2.28. The first-order valence-corrected chi connectivity index (χ1v) is 15.6. The van der Waals surface area contributed by atoms with Gasteiger partial charge in [0.2, 0.25) is 27.7 Å². The summed E-state index contributed by atoms with van der Waals surface area (Å²) in [4.78, 5) is 35.8. The Morgan fingerprint density at radius 2 is 1.71 bits per heavy atom. The predicted molar refractivity (Wildman–Crippen MR) is 146 cm³/mol. The number of rotatable bonds is 10. The van der Waals surface area contributed by atoms with Crippen molar-refractivity contribution in [2.75, 3.05) is 6.26 Å².